The van der Waals surface area contributed by atoms with Crippen LogP contribution in [0.3, 0.4) is 0 Å². The predicted octanol–water partition coefficient (Wildman–Crippen LogP) is 1.76. The Morgan fingerprint density at radius 2 is 2.16 bits per heavy atom. The minimum atomic E-state index is -0.409. The fourth-order valence-electron chi connectivity index (χ4n) is 2.66. The van der Waals surface area contributed by atoms with Crippen LogP contribution in [0.5, 0.6) is 0 Å². The van der Waals surface area contributed by atoms with Crippen molar-refractivity contribution >= 4 is 0 Å². The van der Waals surface area contributed by atoms with Crippen LogP contribution < -0.4 is 5.73 Å². The zero-order valence-electron chi connectivity index (χ0n) is 11.4. The largest absolute Gasteiger partial charge is 0.332 e. The van der Waals surface area contributed by atoms with Crippen molar-refractivity contribution in [1.82, 2.24) is 19.9 Å². The molecule has 1 aliphatic carbocycles. The van der Waals surface area contributed by atoms with Crippen LogP contribution in [0.15, 0.2) is 10.6 Å². The van der Waals surface area contributed by atoms with Gasteiger partial charge in [-0.3, -0.25) is 4.68 Å². The lowest BCUT2D eigenvalue weighted by atomic mass is 9.99. The molecule has 0 atom stereocenters. The predicted molar refractivity (Wildman–Crippen MR) is 70.2 cm³/mol. The molecule has 0 aromatic carbocycles. The first kappa shape index (κ1) is 12.3. The van der Waals surface area contributed by atoms with Gasteiger partial charge in [-0.2, -0.15) is 10.1 Å². The maximum Gasteiger partial charge on any atom is 0.276 e. The van der Waals surface area contributed by atoms with E-state index in [1.807, 2.05) is 13.1 Å². The van der Waals surface area contributed by atoms with E-state index in [0.29, 0.717) is 11.7 Å². The SMILES string of the molecule is CCc1cc(-c2nc(C3(N)CCCC3)no2)n(C)n1. The van der Waals surface area contributed by atoms with Crippen LogP contribution in [0, 0.1) is 0 Å². The third kappa shape index (κ3) is 2.06. The van der Waals surface area contributed by atoms with Crippen LogP contribution in [0.2, 0.25) is 0 Å². The molecule has 2 aromatic heterocycles. The number of aromatic nitrogens is 4. The summed E-state index contributed by atoms with van der Waals surface area (Å²) in [6.45, 7) is 2.07. The molecule has 19 heavy (non-hydrogen) atoms. The van der Waals surface area contributed by atoms with Gasteiger partial charge in [0.25, 0.3) is 5.89 Å². The Morgan fingerprint density at radius 1 is 1.42 bits per heavy atom. The van der Waals surface area contributed by atoms with E-state index >= 15 is 0 Å². The van der Waals surface area contributed by atoms with Gasteiger partial charge in [0, 0.05) is 7.05 Å². The molecular formula is C13H19N5O. The van der Waals surface area contributed by atoms with Crippen molar-refractivity contribution in [2.24, 2.45) is 12.8 Å². The Kier molecular flexibility index (Phi) is 2.89. The highest BCUT2D eigenvalue weighted by atomic mass is 16.5. The summed E-state index contributed by atoms with van der Waals surface area (Å²) in [5.41, 5.74) is 7.78. The lowest BCUT2D eigenvalue weighted by molar-refractivity contribution is 0.371. The highest BCUT2D eigenvalue weighted by Gasteiger charge is 2.36. The first-order chi connectivity index (χ1) is 9.12. The summed E-state index contributed by atoms with van der Waals surface area (Å²) in [5.74, 6) is 1.13. The second kappa shape index (κ2) is 4.45. The molecule has 0 unspecified atom stereocenters. The zero-order chi connectivity index (χ0) is 13.5. The molecule has 0 saturated heterocycles. The number of nitrogens with two attached hydrogens (primary N) is 1. The molecule has 1 aliphatic rings. The number of hydrogen-bond donors (Lipinski definition) is 1. The first-order valence-electron chi connectivity index (χ1n) is 6.79. The molecule has 0 spiro atoms. The summed E-state index contributed by atoms with van der Waals surface area (Å²) in [6, 6.07) is 1.98. The monoisotopic (exact) mass is 261 g/mol. The van der Waals surface area contributed by atoms with E-state index in [1.54, 1.807) is 4.68 Å². The molecule has 0 radical (unpaired) electrons. The molecule has 0 amide bonds. The van der Waals surface area contributed by atoms with Gasteiger partial charge in [-0.25, -0.2) is 0 Å². The normalized spacial score (nSPS) is 18.1. The maximum absolute atomic E-state index is 6.33. The summed E-state index contributed by atoms with van der Waals surface area (Å²) in [5, 5.41) is 8.46. The number of hydrogen-bond acceptors (Lipinski definition) is 5. The van der Waals surface area contributed by atoms with Gasteiger partial charge >= 0.3 is 0 Å². The van der Waals surface area contributed by atoms with Crippen LogP contribution in [0.25, 0.3) is 11.6 Å². The minimum absolute atomic E-state index is 0.409. The van der Waals surface area contributed by atoms with E-state index in [4.69, 9.17) is 10.3 Å². The van der Waals surface area contributed by atoms with Crippen molar-refractivity contribution in [3.05, 3.63) is 17.6 Å². The summed E-state index contributed by atoms with van der Waals surface area (Å²) in [7, 11) is 1.88. The first-order valence-corrected chi connectivity index (χ1v) is 6.79. The molecule has 2 aromatic rings. The van der Waals surface area contributed by atoms with Gasteiger partial charge in [0.05, 0.1) is 11.2 Å². The molecule has 102 valence electrons. The van der Waals surface area contributed by atoms with Gasteiger partial charge in [0.15, 0.2) is 5.82 Å². The molecule has 2 N–H and O–H groups in total. The molecule has 6 nitrogen and oxygen atoms in total. The Bertz CT molecular complexity index is 580. The smallest absolute Gasteiger partial charge is 0.276 e. The number of aryl methyl sites for hydroxylation is 2. The van der Waals surface area contributed by atoms with Crippen molar-refractivity contribution in [1.29, 1.82) is 0 Å². The molecular weight excluding hydrogens is 242 g/mol. The molecule has 1 saturated carbocycles. The van der Waals surface area contributed by atoms with Crippen LogP contribution in [0.4, 0.5) is 0 Å². The molecule has 2 heterocycles. The van der Waals surface area contributed by atoms with E-state index in [0.717, 1.165) is 43.5 Å². The lowest BCUT2D eigenvalue weighted by Crippen LogP contribution is -2.34. The topological polar surface area (TPSA) is 82.8 Å². The Balaban J connectivity index is 1.94. The lowest BCUT2D eigenvalue weighted by Gasteiger charge is -2.17. The third-order valence-electron chi connectivity index (χ3n) is 3.88. The maximum atomic E-state index is 6.33. The van der Waals surface area contributed by atoms with E-state index < -0.39 is 5.54 Å². The van der Waals surface area contributed by atoms with Crippen molar-refractivity contribution in [2.75, 3.05) is 0 Å². The third-order valence-corrected chi connectivity index (χ3v) is 3.88. The Morgan fingerprint density at radius 3 is 2.79 bits per heavy atom. The van der Waals surface area contributed by atoms with Crippen LogP contribution in [-0.4, -0.2) is 19.9 Å². The summed E-state index contributed by atoms with van der Waals surface area (Å²) in [4.78, 5) is 4.48. The van der Waals surface area contributed by atoms with Crippen LogP contribution in [-0.2, 0) is 19.0 Å². The van der Waals surface area contributed by atoms with Gasteiger partial charge in [-0.15, -0.1) is 0 Å². The summed E-state index contributed by atoms with van der Waals surface area (Å²) in [6.07, 6.45) is 5.00. The zero-order valence-corrected chi connectivity index (χ0v) is 11.4. The quantitative estimate of drug-likeness (QED) is 0.910. The fraction of sp³-hybridized carbons (Fsp3) is 0.615. The molecule has 3 rings (SSSR count). The standard InChI is InChI=1S/C13H19N5O/c1-3-9-8-10(18(2)16-9)11-15-12(17-19-11)13(14)6-4-5-7-13/h8H,3-7,14H2,1-2H3. The average molecular weight is 261 g/mol. The van der Waals surface area contributed by atoms with Crippen molar-refractivity contribution < 1.29 is 4.52 Å². The number of nitrogens with zero attached hydrogens (tertiary/aromatic N) is 4. The highest BCUT2D eigenvalue weighted by Crippen LogP contribution is 2.35. The van der Waals surface area contributed by atoms with Crippen molar-refractivity contribution in [3.63, 3.8) is 0 Å². The molecule has 6 heteroatoms. The second-order valence-corrected chi connectivity index (χ2v) is 5.28. The highest BCUT2D eigenvalue weighted by molar-refractivity contribution is 5.48. The van der Waals surface area contributed by atoms with E-state index in [-0.39, 0.29) is 0 Å². The van der Waals surface area contributed by atoms with Gasteiger partial charge in [0.2, 0.25) is 0 Å². The Labute approximate surface area is 112 Å². The van der Waals surface area contributed by atoms with E-state index in [1.165, 1.54) is 0 Å². The average Bonchev–Trinajstić information content (AvgIpc) is 3.08. The molecule has 0 aliphatic heterocycles. The molecule has 1 fully saturated rings. The summed E-state index contributed by atoms with van der Waals surface area (Å²) >= 11 is 0. The Hall–Kier alpha value is -1.69. The minimum Gasteiger partial charge on any atom is -0.332 e. The van der Waals surface area contributed by atoms with Gasteiger partial charge < -0.3 is 10.3 Å². The van der Waals surface area contributed by atoms with Crippen molar-refractivity contribution in [2.45, 2.75) is 44.6 Å². The summed E-state index contributed by atoms with van der Waals surface area (Å²) < 4.78 is 7.14. The second-order valence-electron chi connectivity index (χ2n) is 5.28. The van der Waals surface area contributed by atoms with Gasteiger partial charge in [-0.05, 0) is 25.3 Å². The van der Waals surface area contributed by atoms with Crippen molar-refractivity contribution in [3.8, 4) is 11.6 Å². The number of rotatable bonds is 3. The van der Waals surface area contributed by atoms with Crippen LogP contribution >= 0.6 is 0 Å². The van der Waals surface area contributed by atoms with Gasteiger partial charge in [0.1, 0.15) is 5.69 Å². The van der Waals surface area contributed by atoms with Crippen LogP contribution in [0.1, 0.15) is 44.1 Å². The van der Waals surface area contributed by atoms with Gasteiger partial charge in [-0.1, -0.05) is 24.9 Å². The van der Waals surface area contributed by atoms with E-state index in [2.05, 4.69) is 22.2 Å². The van der Waals surface area contributed by atoms with E-state index in [9.17, 15) is 0 Å². The molecule has 0 bridgehead atoms. The fourth-order valence-corrected chi connectivity index (χ4v) is 2.66.